The Morgan fingerprint density at radius 2 is 1.83 bits per heavy atom. The highest BCUT2D eigenvalue weighted by molar-refractivity contribution is 6.30. The number of anilines is 1. The van der Waals surface area contributed by atoms with Gasteiger partial charge in [-0.2, -0.15) is 13.2 Å². The van der Waals surface area contributed by atoms with Crippen molar-refractivity contribution >= 4 is 29.5 Å². The molecule has 0 atom stereocenters. The van der Waals surface area contributed by atoms with Gasteiger partial charge in [-0.25, -0.2) is 0 Å². The Kier molecular flexibility index (Phi) is 5.46. The molecule has 2 rings (SSSR count). The van der Waals surface area contributed by atoms with Crippen LogP contribution in [-0.4, -0.2) is 18.8 Å². The molecule has 8 heteroatoms. The second-order valence-electron chi connectivity index (χ2n) is 4.71. The van der Waals surface area contributed by atoms with Gasteiger partial charge in [-0.1, -0.05) is 11.6 Å². The highest BCUT2D eigenvalue weighted by Gasteiger charge is 2.34. The Bertz CT molecular complexity index is 745. The van der Waals surface area contributed by atoms with Gasteiger partial charge in [0.25, 0.3) is 5.91 Å². The van der Waals surface area contributed by atoms with Crippen molar-refractivity contribution in [2.75, 3.05) is 11.9 Å². The number of halogens is 4. The van der Waals surface area contributed by atoms with Crippen molar-refractivity contribution in [3.8, 4) is 5.75 Å². The SMILES string of the molecule is O=Cc1ccc(OCC(=O)Nc2ccc(Cl)cc2C(F)(F)F)cc1. The molecule has 0 aliphatic carbocycles. The van der Waals surface area contributed by atoms with E-state index in [9.17, 15) is 22.8 Å². The van der Waals surface area contributed by atoms with E-state index in [1.807, 2.05) is 0 Å². The molecule has 24 heavy (non-hydrogen) atoms. The van der Waals surface area contributed by atoms with E-state index in [0.29, 0.717) is 17.6 Å². The fraction of sp³-hybridized carbons (Fsp3) is 0.125. The molecule has 0 saturated heterocycles. The highest BCUT2D eigenvalue weighted by atomic mass is 35.5. The zero-order valence-electron chi connectivity index (χ0n) is 12.1. The van der Waals surface area contributed by atoms with Crippen LogP contribution in [0.2, 0.25) is 5.02 Å². The van der Waals surface area contributed by atoms with Gasteiger partial charge in [0.15, 0.2) is 6.61 Å². The van der Waals surface area contributed by atoms with Gasteiger partial charge >= 0.3 is 6.18 Å². The molecule has 0 spiro atoms. The number of aldehydes is 1. The lowest BCUT2D eigenvalue weighted by molar-refractivity contribution is -0.137. The predicted molar refractivity (Wildman–Crippen MR) is 82.4 cm³/mol. The van der Waals surface area contributed by atoms with Gasteiger partial charge < -0.3 is 10.1 Å². The number of carbonyl (C=O) groups is 2. The normalized spacial score (nSPS) is 11.0. The average Bonchev–Trinajstić information content (AvgIpc) is 2.54. The maximum Gasteiger partial charge on any atom is 0.418 e. The summed E-state index contributed by atoms with van der Waals surface area (Å²) in [5.41, 5.74) is -1.02. The lowest BCUT2D eigenvalue weighted by atomic mass is 10.1. The van der Waals surface area contributed by atoms with Crippen LogP contribution in [0, 0.1) is 0 Å². The smallest absolute Gasteiger partial charge is 0.418 e. The largest absolute Gasteiger partial charge is 0.484 e. The summed E-state index contributed by atoms with van der Waals surface area (Å²) in [5, 5.41) is 2.05. The van der Waals surface area contributed by atoms with Crippen LogP contribution in [0.15, 0.2) is 42.5 Å². The van der Waals surface area contributed by atoms with Crippen LogP contribution in [0.1, 0.15) is 15.9 Å². The van der Waals surface area contributed by atoms with E-state index in [1.54, 1.807) is 0 Å². The Hall–Kier alpha value is -2.54. The zero-order chi connectivity index (χ0) is 17.7. The standard InChI is InChI=1S/C16H11ClF3NO3/c17-11-3-6-14(13(7-11)16(18,19)20)21-15(23)9-24-12-4-1-10(8-22)2-5-12/h1-8H,9H2,(H,21,23). The molecule has 0 heterocycles. The summed E-state index contributed by atoms with van der Waals surface area (Å²) in [6, 6.07) is 8.97. The van der Waals surface area contributed by atoms with Crippen molar-refractivity contribution in [3.05, 3.63) is 58.6 Å². The van der Waals surface area contributed by atoms with Crippen molar-refractivity contribution in [1.29, 1.82) is 0 Å². The van der Waals surface area contributed by atoms with E-state index in [1.165, 1.54) is 30.3 Å². The fourth-order valence-electron chi connectivity index (χ4n) is 1.84. The molecule has 4 nitrogen and oxygen atoms in total. The summed E-state index contributed by atoms with van der Waals surface area (Å²) in [7, 11) is 0. The second-order valence-corrected chi connectivity index (χ2v) is 5.15. The van der Waals surface area contributed by atoms with Crippen molar-refractivity contribution < 1.29 is 27.5 Å². The summed E-state index contributed by atoms with van der Waals surface area (Å²) < 4.78 is 43.9. The number of hydrogen-bond acceptors (Lipinski definition) is 3. The summed E-state index contributed by atoms with van der Waals surface area (Å²) in [6.45, 7) is -0.486. The third-order valence-corrected chi connectivity index (χ3v) is 3.18. The number of carbonyl (C=O) groups excluding carboxylic acids is 2. The highest BCUT2D eigenvalue weighted by Crippen LogP contribution is 2.36. The molecule has 1 amide bonds. The van der Waals surface area contributed by atoms with Crippen molar-refractivity contribution in [1.82, 2.24) is 0 Å². The molecule has 0 aliphatic heterocycles. The van der Waals surface area contributed by atoms with Gasteiger partial charge in [0.2, 0.25) is 0 Å². The number of benzene rings is 2. The summed E-state index contributed by atoms with van der Waals surface area (Å²) in [6.07, 6.45) is -4.01. The maximum atomic E-state index is 12.9. The summed E-state index contributed by atoms with van der Waals surface area (Å²) in [5.74, 6) is -0.454. The number of rotatable bonds is 5. The molecule has 2 aromatic rings. The Labute approximate surface area is 140 Å². The molecular weight excluding hydrogens is 347 g/mol. The summed E-state index contributed by atoms with van der Waals surface area (Å²) in [4.78, 5) is 22.3. The number of alkyl halides is 3. The Balaban J connectivity index is 2.03. The zero-order valence-corrected chi connectivity index (χ0v) is 12.8. The van der Waals surface area contributed by atoms with Crippen LogP contribution in [0.3, 0.4) is 0 Å². The van der Waals surface area contributed by atoms with Gasteiger partial charge in [-0.15, -0.1) is 0 Å². The molecule has 0 aliphatic rings. The van der Waals surface area contributed by atoms with Gasteiger partial charge in [0.05, 0.1) is 11.3 Å². The number of ether oxygens (including phenoxy) is 1. The van der Waals surface area contributed by atoms with Crippen LogP contribution in [-0.2, 0) is 11.0 Å². The van der Waals surface area contributed by atoms with Crippen LogP contribution in [0.4, 0.5) is 18.9 Å². The maximum absolute atomic E-state index is 12.9. The van der Waals surface area contributed by atoms with Crippen LogP contribution < -0.4 is 10.1 Å². The minimum atomic E-state index is -4.65. The van der Waals surface area contributed by atoms with E-state index in [4.69, 9.17) is 16.3 Å². The first kappa shape index (κ1) is 17.8. The van der Waals surface area contributed by atoms with Gasteiger partial charge in [0.1, 0.15) is 12.0 Å². The van der Waals surface area contributed by atoms with Crippen molar-refractivity contribution in [2.24, 2.45) is 0 Å². The van der Waals surface area contributed by atoms with Gasteiger partial charge in [-0.05, 0) is 42.5 Å². The second kappa shape index (κ2) is 7.35. The lowest BCUT2D eigenvalue weighted by Gasteiger charge is -2.14. The molecule has 0 unspecified atom stereocenters. The van der Waals surface area contributed by atoms with E-state index in [2.05, 4.69) is 5.32 Å². The van der Waals surface area contributed by atoms with E-state index < -0.39 is 29.9 Å². The first-order valence-corrected chi connectivity index (χ1v) is 7.02. The molecule has 0 saturated carbocycles. The third-order valence-electron chi connectivity index (χ3n) is 2.95. The molecule has 1 N–H and O–H groups in total. The first-order chi connectivity index (χ1) is 11.3. The van der Waals surface area contributed by atoms with E-state index in [-0.39, 0.29) is 5.02 Å². The van der Waals surface area contributed by atoms with Crippen LogP contribution in [0.5, 0.6) is 5.75 Å². The molecule has 0 bridgehead atoms. The van der Waals surface area contributed by atoms with Crippen LogP contribution in [0.25, 0.3) is 0 Å². The van der Waals surface area contributed by atoms with Crippen LogP contribution >= 0.6 is 11.6 Å². The van der Waals surface area contributed by atoms with E-state index >= 15 is 0 Å². The van der Waals surface area contributed by atoms with E-state index in [0.717, 1.165) is 12.1 Å². The molecule has 126 valence electrons. The number of nitrogens with one attached hydrogen (secondary N) is 1. The van der Waals surface area contributed by atoms with Crippen molar-refractivity contribution in [2.45, 2.75) is 6.18 Å². The topological polar surface area (TPSA) is 55.4 Å². The first-order valence-electron chi connectivity index (χ1n) is 6.64. The molecule has 0 fully saturated rings. The fourth-order valence-corrected chi connectivity index (χ4v) is 2.01. The summed E-state index contributed by atoms with van der Waals surface area (Å²) >= 11 is 5.56. The monoisotopic (exact) mass is 357 g/mol. The minimum Gasteiger partial charge on any atom is -0.484 e. The average molecular weight is 358 g/mol. The number of amides is 1. The minimum absolute atomic E-state index is 0.0909. The van der Waals surface area contributed by atoms with Gasteiger partial charge in [-0.3, -0.25) is 9.59 Å². The third kappa shape index (κ3) is 4.73. The lowest BCUT2D eigenvalue weighted by Crippen LogP contribution is -2.22. The predicted octanol–water partition coefficient (Wildman–Crippen LogP) is 4.19. The molecule has 0 radical (unpaired) electrons. The number of hydrogen-bond donors (Lipinski definition) is 1. The Morgan fingerprint density at radius 3 is 2.42 bits per heavy atom. The molecular formula is C16H11ClF3NO3. The molecule has 0 aromatic heterocycles. The quantitative estimate of drug-likeness (QED) is 0.816. The van der Waals surface area contributed by atoms with Crippen molar-refractivity contribution in [3.63, 3.8) is 0 Å². The van der Waals surface area contributed by atoms with Gasteiger partial charge in [0, 0.05) is 10.6 Å². The Morgan fingerprint density at radius 1 is 1.17 bits per heavy atom. The molecule has 2 aromatic carbocycles.